The number of primary amides is 1. The van der Waals surface area contributed by atoms with E-state index in [1.54, 1.807) is 0 Å². The molecule has 0 bridgehead atoms. The lowest BCUT2D eigenvalue weighted by molar-refractivity contribution is -0.122. The Morgan fingerprint density at radius 1 is 1.32 bits per heavy atom. The van der Waals surface area contributed by atoms with Gasteiger partial charge in [-0.2, -0.15) is 0 Å². The van der Waals surface area contributed by atoms with Crippen LogP contribution in [0.25, 0.3) is 0 Å². The molecule has 0 saturated carbocycles. The first-order valence-corrected chi connectivity index (χ1v) is 6.16. The second-order valence-corrected chi connectivity index (χ2v) is 5.82. The third-order valence-corrected chi connectivity index (χ3v) is 3.02. The van der Waals surface area contributed by atoms with E-state index in [1.807, 2.05) is 20.8 Å². The highest BCUT2D eigenvalue weighted by Gasteiger charge is 2.31. The minimum Gasteiger partial charge on any atom is -0.398 e. The first kappa shape index (κ1) is 15.3. The van der Waals surface area contributed by atoms with E-state index >= 15 is 0 Å². The minimum absolute atomic E-state index is 0.291. The zero-order valence-electron chi connectivity index (χ0n) is 11.2. The Labute approximate surface area is 117 Å². The van der Waals surface area contributed by atoms with Crippen LogP contribution in [-0.4, -0.2) is 17.9 Å². The Balaban J connectivity index is 2.94. The summed E-state index contributed by atoms with van der Waals surface area (Å²) in [6, 6.07) is 3.76. The molecule has 0 aliphatic heterocycles. The molecule has 0 aliphatic rings. The van der Waals surface area contributed by atoms with Gasteiger partial charge in [0.15, 0.2) is 0 Å². The summed E-state index contributed by atoms with van der Waals surface area (Å²) in [7, 11) is 0. The number of rotatable bonds is 3. The van der Waals surface area contributed by atoms with Crippen LogP contribution in [0.5, 0.6) is 0 Å². The van der Waals surface area contributed by atoms with E-state index in [2.05, 4.69) is 5.32 Å². The minimum atomic E-state index is -0.767. The molecule has 0 radical (unpaired) electrons. The largest absolute Gasteiger partial charge is 0.398 e. The maximum absolute atomic E-state index is 12.1. The van der Waals surface area contributed by atoms with Gasteiger partial charge in [0.1, 0.15) is 6.04 Å². The Kier molecular flexibility index (Phi) is 4.42. The molecule has 6 heteroatoms. The van der Waals surface area contributed by atoms with Gasteiger partial charge in [-0.25, -0.2) is 0 Å². The molecule has 2 amide bonds. The van der Waals surface area contributed by atoms with E-state index < -0.39 is 23.3 Å². The molecule has 1 unspecified atom stereocenters. The molecule has 0 spiro atoms. The normalized spacial score (nSPS) is 12.8. The second kappa shape index (κ2) is 5.48. The van der Waals surface area contributed by atoms with Crippen LogP contribution >= 0.6 is 11.6 Å². The highest BCUT2D eigenvalue weighted by atomic mass is 35.5. The molecular weight excluding hydrogens is 266 g/mol. The molecule has 0 saturated heterocycles. The summed E-state index contributed by atoms with van der Waals surface area (Å²) in [4.78, 5) is 23.4. The van der Waals surface area contributed by atoms with Crippen molar-refractivity contribution < 1.29 is 9.59 Å². The number of nitrogens with one attached hydrogen (secondary N) is 1. The van der Waals surface area contributed by atoms with Gasteiger partial charge in [-0.1, -0.05) is 32.4 Å². The van der Waals surface area contributed by atoms with E-state index in [1.165, 1.54) is 18.2 Å². The van der Waals surface area contributed by atoms with Crippen molar-refractivity contribution in [2.45, 2.75) is 26.8 Å². The molecule has 5 nitrogen and oxygen atoms in total. The van der Waals surface area contributed by atoms with Crippen molar-refractivity contribution in [3.05, 3.63) is 28.8 Å². The quantitative estimate of drug-likeness (QED) is 0.734. The summed E-state index contributed by atoms with van der Waals surface area (Å²) in [6.45, 7) is 5.45. The number of nitrogens with two attached hydrogens (primary N) is 2. The summed E-state index contributed by atoms with van der Waals surface area (Å²) in [6.07, 6.45) is 0. The maximum atomic E-state index is 12.1. The standard InChI is InChI=1S/C13H18ClN3O2/c1-13(2,3)10(11(16)18)17-12(19)7-4-5-9(15)8(14)6-7/h4-6,10H,15H2,1-3H3,(H2,16,18)(H,17,19). The smallest absolute Gasteiger partial charge is 0.252 e. The number of hydrogen-bond acceptors (Lipinski definition) is 3. The van der Waals surface area contributed by atoms with E-state index in [-0.39, 0.29) is 0 Å². The molecular formula is C13H18ClN3O2. The van der Waals surface area contributed by atoms with Gasteiger partial charge in [-0.05, 0) is 23.6 Å². The maximum Gasteiger partial charge on any atom is 0.252 e. The SMILES string of the molecule is CC(C)(C)C(NC(=O)c1ccc(N)c(Cl)c1)C(N)=O. The van der Waals surface area contributed by atoms with E-state index in [9.17, 15) is 9.59 Å². The van der Waals surface area contributed by atoms with Crippen LogP contribution in [0.1, 0.15) is 31.1 Å². The predicted molar refractivity (Wildman–Crippen MR) is 75.8 cm³/mol. The highest BCUT2D eigenvalue weighted by Crippen LogP contribution is 2.22. The molecule has 19 heavy (non-hydrogen) atoms. The molecule has 0 heterocycles. The molecule has 0 aliphatic carbocycles. The first-order chi connectivity index (χ1) is 8.62. The average Bonchev–Trinajstić information content (AvgIpc) is 2.27. The summed E-state index contributed by atoms with van der Waals surface area (Å²) in [5.74, 6) is -0.997. The lowest BCUT2D eigenvalue weighted by atomic mass is 9.86. The summed E-state index contributed by atoms with van der Waals surface area (Å²) >= 11 is 5.85. The molecule has 1 rings (SSSR count). The third kappa shape index (κ3) is 3.86. The zero-order valence-corrected chi connectivity index (χ0v) is 11.9. The molecule has 1 aromatic carbocycles. The molecule has 1 aromatic rings. The van der Waals surface area contributed by atoms with Crippen molar-refractivity contribution in [3.63, 3.8) is 0 Å². The van der Waals surface area contributed by atoms with E-state index in [0.717, 1.165) is 0 Å². The number of amides is 2. The lowest BCUT2D eigenvalue weighted by Crippen LogP contribution is -2.52. The van der Waals surface area contributed by atoms with Gasteiger partial charge in [0.2, 0.25) is 5.91 Å². The van der Waals surface area contributed by atoms with Crippen LogP contribution in [0.2, 0.25) is 5.02 Å². The van der Waals surface area contributed by atoms with Gasteiger partial charge < -0.3 is 16.8 Å². The topological polar surface area (TPSA) is 98.2 Å². The average molecular weight is 284 g/mol. The predicted octanol–water partition coefficient (Wildman–Crippen LogP) is 1.55. The lowest BCUT2D eigenvalue weighted by Gasteiger charge is -2.28. The molecule has 104 valence electrons. The highest BCUT2D eigenvalue weighted by molar-refractivity contribution is 6.33. The summed E-state index contributed by atoms with van der Waals surface area (Å²) in [5, 5.41) is 2.90. The first-order valence-electron chi connectivity index (χ1n) is 5.78. The molecule has 0 fully saturated rings. The molecule has 5 N–H and O–H groups in total. The Bertz CT molecular complexity index is 509. The fourth-order valence-electron chi connectivity index (χ4n) is 1.60. The van der Waals surface area contributed by atoms with Crippen LogP contribution in [0.4, 0.5) is 5.69 Å². The van der Waals surface area contributed by atoms with Crippen LogP contribution in [-0.2, 0) is 4.79 Å². The number of halogens is 1. The second-order valence-electron chi connectivity index (χ2n) is 5.41. The summed E-state index contributed by atoms with van der Waals surface area (Å²) < 4.78 is 0. The third-order valence-electron chi connectivity index (χ3n) is 2.69. The number of anilines is 1. The number of nitrogen functional groups attached to an aromatic ring is 1. The Morgan fingerprint density at radius 3 is 2.32 bits per heavy atom. The summed E-state index contributed by atoms with van der Waals surface area (Å²) in [5.41, 5.74) is 11.1. The number of carbonyl (C=O) groups excluding carboxylic acids is 2. The van der Waals surface area contributed by atoms with Crippen molar-refractivity contribution in [2.24, 2.45) is 11.1 Å². The van der Waals surface area contributed by atoms with Crippen LogP contribution in [0, 0.1) is 5.41 Å². The van der Waals surface area contributed by atoms with E-state index in [4.69, 9.17) is 23.1 Å². The Hall–Kier alpha value is -1.75. The molecule has 0 aromatic heterocycles. The van der Waals surface area contributed by atoms with Crippen LogP contribution in [0.3, 0.4) is 0 Å². The van der Waals surface area contributed by atoms with Gasteiger partial charge >= 0.3 is 0 Å². The monoisotopic (exact) mass is 283 g/mol. The Morgan fingerprint density at radius 2 is 1.89 bits per heavy atom. The van der Waals surface area contributed by atoms with Crippen molar-refractivity contribution in [1.82, 2.24) is 5.32 Å². The number of hydrogen-bond donors (Lipinski definition) is 3. The van der Waals surface area contributed by atoms with Crippen molar-refractivity contribution in [3.8, 4) is 0 Å². The number of benzene rings is 1. The number of carbonyl (C=O) groups is 2. The van der Waals surface area contributed by atoms with Gasteiger partial charge in [0.05, 0.1) is 10.7 Å². The van der Waals surface area contributed by atoms with Crippen molar-refractivity contribution in [1.29, 1.82) is 0 Å². The van der Waals surface area contributed by atoms with E-state index in [0.29, 0.717) is 16.3 Å². The van der Waals surface area contributed by atoms with Crippen LogP contribution < -0.4 is 16.8 Å². The van der Waals surface area contributed by atoms with Crippen molar-refractivity contribution in [2.75, 3.05) is 5.73 Å². The molecule has 1 atom stereocenters. The fourth-order valence-corrected chi connectivity index (χ4v) is 1.78. The zero-order chi connectivity index (χ0) is 14.8. The fraction of sp³-hybridized carbons (Fsp3) is 0.385. The van der Waals surface area contributed by atoms with Crippen LogP contribution in [0.15, 0.2) is 18.2 Å². The van der Waals surface area contributed by atoms with Gasteiger partial charge in [-0.15, -0.1) is 0 Å². The van der Waals surface area contributed by atoms with Gasteiger partial charge in [0, 0.05) is 5.56 Å². The van der Waals surface area contributed by atoms with Gasteiger partial charge in [-0.3, -0.25) is 9.59 Å². The van der Waals surface area contributed by atoms with Gasteiger partial charge in [0.25, 0.3) is 5.91 Å². The van der Waals surface area contributed by atoms with Crippen molar-refractivity contribution >= 4 is 29.1 Å².